The Bertz CT molecular complexity index is 1890. The van der Waals surface area contributed by atoms with E-state index < -0.39 is 0 Å². The highest BCUT2D eigenvalue weighted by Crippen LogP contribution is 2.37. The second kappa shape index (κ2) is 7.62. The summed E-state index contributed by atoms with van der Waals surface area (Å²) >= 11 is 3.56. The Hall–Kier alpha value is -4.26. The van der Waals surface area contributed by atoms with Gasteiger partial charge >= 0.3 is 0 Å². The Morgan fingerprint density at radius 3 is 1.36 bits per heavy atom. The molecule has 0 atom stereocenters. The van der Waals surface area contributed by atoms with Gasteiger partial charge in [0.25, 0.3) is 0 Å². The molecule has 0 aliphatic rings. The van der Waals surface area contributed by atoms with E-state index in [1.807, 2.05) is 24.8 Å². The fourth-order valence-corrected chi connectivity index (χ4v) is 7.12. The van der Waals surface area contributed by atoms with Gasteiger partial charge < -0.3 is 9.13 Å². The molecule has 170 valence electrons. The van der Waals surface area contributed by atoms with Crippen molar-refractivity contribution in [2.45, 2.75) is 0 Å². The number of nitrogens with zero attached hydrogens (tertiary/aromatic N) is 4. The number of aromatic nitrogens is 4. The second-order valence-corrected chi connectivity index (χ2v) is 10.7. The molecule has 8 aromatic rings. The van der Waals surface area contributed by atoms with Crippen molar-refractivity contribution in [3.63, 3.8) is 0 Å². The number of fused-ring (bicyclic) bond motifs is 6. The Morgan fingerprint density at radius 2 is 0.917 bits per heavy atom. The van der Waals surface area contributed by atoms with E-state index >= 15 is 0 Å². The third kappa shape index (κ3) is 2.80. The predicted octanol–water partition coefficient (Wildman–Crippen LogP) is 8.46. The summed E-state index contributed by atoms with van der Waals surface area (Å²) in [6, 6.07) is 26.2. The van der Waals surface area contributed by atoms with Crippen molar-refractivity contribution in [1.82, 2.24) is 19.1 Å². The lowest BCUT2D eigenvalue weighted by Gasteiger charge is -2.10. The number of benzene rings is 2. The maximum Gasteiger partial charge on any atom is 0.0732 e. The Kier molecular flexibility index (Phi) is 4.23. The summed E-state index contributed by atoms with van der Waals surface area (Å²) in [7, 11) is 0. The lowest BCUT2D eigenvalue weighted by Crippen LogP contribution is -1.94. The molecule has 0 spiro atoms. The molecule has 0 saturated heterocycles. The van der Waals surface area contributed by atoms with E-state index in [4.69, 9.17) is 0 Å². The molecule has 6 aromatic heterocycles. The highest BCUT2D eigenvalue weighted by molar-refractivity contribution is 7.18. The Morgan fingerprint density at radius 1 is 0.472 bits per heavy atom. The van der Waals surface area contributed by atoms with Gasteiger partial charge in [0.15, 0.2) is 0 Å². The quantitative estimate of drug-likeness (QED) is 0.245. The summed E-state index contributed by atoms with van der Waals surface area (Å²) in [6.45, 7) is 0. The summed E-state index contributed by atoms with van der Waals surface area (Å²) in [6.07, 6.45) is 7.66. The molecule has 0 unspecified atom stereocenters. The molecule has 0 radical (unpaired) electrons. The van der Waals surface area contributed by atoms with Gasteiger partial charge in [-0.2, -0.15) is 0 Å². The number of thiophene rings is 2. The van der Waals surface area contributed by atoms with E-state index in [1.54, 1.807) is 22.7 Å². The van der Waals surface area contributed by atoms with Crippen LogP contribution < -0.4 is 0 Å². The number of hydrogen-bond donors (Lipinski definition) is 0. The molecular formula is C30H18N4S2. The standard InChI is InChI=1S/C30H18N4S2/c1-5-21(33-25-11-15-35-29(25)23-9-13-31-17-27(23)33)6-2-19(1)20-3-7-22(8-4-20)34-26-12-16-36-30(26)24-10-14-32-18-28(24)34/h1-18H. The van der Waals surface area contributed by atoms with Gasteiger partial charge in [0.05, 0.1) is 43.9 Å². The van der Waals surface area contributed by atoms with E-state index in [0.29, 0.717) is 0 Å². The maximum atomic E-state index is 4.38. The van der Waals surface area contributed by atoms with Gasteiger partial charge in [0, 0.05) is 34.5 Å². The molecule has 0 amide bonds. The monoisotopic (exact) mass is 498 g/mol. The molecule has 0 fully saturated rings. The van der Waals surface area contributed by atoms with E-state index in [9.17, 15) is 0 Å². The van der Waals surface area contributed by atoms with Crippen LogP contribution in [0.15, 0.2) is 108 Å². The zero-order valence-corrected chi connectivity index (χ0v) is 20.6. The molecule has 2 aromatic carbocycles. The first kappa shape index (κ1) is 20.0. The Balaban J connectivity index is 1.19. The van der Waals surface area contributed by atoms with Crippen molar-refractivity contribution in [2.75, 3.05) is 0 Å². The molecule has 0 bridgehead atoms. The van der Waals surface area contributed by atoms with E-state index in [1.165, 1.54) is 42.3 Å². The zero-order chi connectivity index (χ0) is 23.6. The highest BCUT2D eigenvalue weighted by atomic mass is 32.1. The van der Waals surface area contributed by atoms with Gasteiger partial charge in [-0.25, -0.2) is 0 Å². The molecular weight excluding hydrogens is 480 g/mol. The number of rotatable bonds is 3. The van der Waals surface area contributed by atoms with Crippen LogP contribution in [0.4, 0.5) is 0 Å². The summed E-state index contributed by atoms with van der Waals surface area (Å²) in [5, 5.41) is 6.82. The molecule has 4 nitrogen and oxygen atoms in total. The van der Waals surface area contributed by atoms with Crippen molar-refractivity contribution < 1.29 is 0 Å². The van der Waals surface area contributed by atoms with Crippen molar-refractivity contribution in [3.05, 3.63) is 108 Å². The van der Waals surface area contributed by atoms with Crippen molar-refractivity contribution in [1.29, 1.82) is 0 Å². The lowest BCUT2D eigenvalue weighted by atomic mass is 10.0. The third-order valence-corrected chi connectivity index (χ3v) is 8.80. The minimum atomic E-state index is 1.14. The minimum Gasteiger partial charge on any atom is -0.307 e. The van der Waals surface area contributed by atoms with Crippen molar-refractivity contribution >= 4 is 64.9 Å². The lowest BCUT2D eigenvalue weighted by molar-refractivity contribution is 1.16. The number of hydrogen-bond acceptors (Lipinski definition) is 4. The molecule has 0 aliphatic heterocycles. The SMILES string of the molecule is c1cc2c3sccc3n(-c3ccc(-c4ccc(-n5c6cnccc6c6sccc65)cc4)cc3)c2cn1. The fraction of sp³-hybridized carbons (Fsp3) is 0. The van der Waals surface area contributed by atoms with Gasteiger partial charge in [0.2, 0.25) is 0 Å². The van der Waals surface area contributed by atoms with E-state index in [-0.39, 0.29) is 0 Å². The van der Waals surface area contributed by atoms with Crippen LogP contribution in [0.3, 0.4) is 0 Å². The van der Waals surface area contributed by atoms with Crippen molar-refractivity contribution in [3.8, 4) is 22.5 Å². The molecule has 0 saturated carbocycles. The smallest absolute Gasteiger partial charge is 0.0732 e. The first-order chi connectivity index (χ1) is 17.9. The molecule has 0 N–H and O–H groups in total. The van der Waals surface area contributed by atoms with Gasteiger partial charge in [-0.15, -0.1) is 22.7 Å². The van der Waals surface area contributed by atoms with Crippen molar-refractivity contribution in [2.24, 2.45) is 0 Å². The van der Waals surface area contributed by atoms with Crippen LogP contribution in [-0.2, 0) is 0 Å². The van der Waals surface area contributed by atoms with Gasteiger partial charge in [-0.05, 0) is 70.4 Å². The van der Waals surface area contributed by atoms with Gasteiger partial charge in [0.1, 0.15) is 0 Å². The van der Waals surface area contributed by atoms with Gasteiger partial charge in [-0.1, -0.05) is 24.3 Å². The first-order valence-corrected chi connectivity index (χ1v) is 13.5. The summed E-state index contributed by atoms with van der Waals surface area (Å²) in [5.74, 6) is 0. The van der Waals surface area contributed by atoms with Crippen LogP contribution in [0.1, 0.15) is 0 Å². The van der Waals surface area contributed by atoms with Gasteiger partial charge in [-0.3, -0.25) is 9.97 Å². The van der Waals surface area contributed by atoms with E-state index in [2.05, 4.69) is 103 Å². The summed E-state index contributed by atoms with van der Waals surface area (Å²) in [4.78, 5) is 8.76. The molecule has 6 heteroatoms. The predicted molar refractivity (Wildman–Crippen MR) is 152 cm³/mol. The largest absolute Gasteiger partial charge is 0.307 e. The summed E-state index contributed by atoms with van der Waals surface area (Å²) < 4.78 is 7.22. The topological polar surface area (TPSA) is 35.6 Å². The van der Waals surface area contributed by atoms with E-state index in [0.717, 1.165) is 22.4 Å². The molecule has 6 heterocycles. The van der Waals surface area contributed by atoms with Crippen LogP contribution in [0.5, 0.6) is 0 Å². The van der Waals surface area contributed by atoms with Crippen LogP contribution in [0, 0.1) is 0 Å². The van der Waals surface area contributed by atoms with Crippen LogP contribution in [-0.4, -0.2) is 19.1 Å². The fourth-order valence-electron chi connectivity index (χ4n) is 5.29. The maximum absolute atomic E-state index is 4.38. The normalized spacial score (nSPS) is 11.9. The molecule has 0 aliphatic carbocycles. The average Bonchev–Trinajstić information content (AvgIpc) is 3.70. The summed E-state index contributed by atoms with van der Waals surface area (Å²) in [5.41, 5.74) is 9.43. The Labute approximate surface area is 214 Å². The first-order valence-electron chi connectivity index (χ1n) is 11.7. The van der Waals surface area contributed by atoms with Crippen LogP contribution in [0.2, 0.25) is 0 Å². The molecule has 36 heavy (non-hydrogen) atoms. The average molecular weight is 499 g/mol. The number of pyridine rings is 2. The third-order valence-electron chi connectivity index (χ3n) is 6.93. The van der Waals surface area contributed by atoms with Crippen LogP contribution in [0.25, 0.3) is 64.7 Å². The minimum absolute atomic E-state index is 1.14. The molecule has 8 rings (SSSR count). The second-order valence-electron chi connectivity index (χ2n) is 8.82. The van der Waals surface area contributed by atoms with Crippen LogP contribution >= 0.6 is 22.7 Å². The zero-order valence-electron chi connectivity index (χ0n) is 19.0. The highest BCUT2D eigenvalue weighted by Gasteiger charge is 2.15.